The molecule has 2 aliphatic rings. The van der Waals surface area contributed by atoms with Gasteiger partial charge in [0.25, 0.3) is 5.91 Å². The maximum absolute atomic E-state index is 13.1. The summed E-state index contributed by atoms with van der Waals surface area (Å²) >= 11 is 1.37. The predicted octanol–water partition coefficient (Wildman–Crippen LogP) is 3.13. The zero-order valence-electron chi connectivity index (χ0n) is 21.8. The van der Waals surface area contributed by atoms with Crippen molar-refractivity contribution in [3.05, 3.63) is 45.8 Å². The molecule has 1 fully saturated rings. The van der Waals surface area contributed by atoms with Gasteiger partial charge in [0.2, 0.25) is 10.0 Å². The quantitative estimate of drug-likeness (QED) is 0.486. The first-order valence-electron chi connectivity index (χ1n) is 12.7. The summed E-state index contributed by atoms with van der Waals surface area (Å²) in [5.41, 5.74) is 1.57. The standard InChI is InChI=1S/C26H33N3O7S2/c1-4-28-13-12-20-21(16-28)37-24(22(20)26(32)35-3)27-23(30)17-6-8-19(9-7-17)38(33,34)29-14-10-18(11-15-29)25(31)36-5-2/h6-9,18H,4-5,10-16H2,1-3H3,(H,27,30). The number of hydrogen-bond acceptors (Lipinski definition) is 9. The number of thiophene rings is 1. The maximum Gasteiger partial charge on any atom is 0.341 e. The molecule has 2 aromatic rings. The van der Waals surface area contributed by atoms with Crippen LogP contribution >= 0.6 is 11.3 Å². The summed E-state index contributed by atoms with van der Waals surface area (Å²) in [6.07, 6.45) is 1.51. The van der Waals surface area contributed by atoms with Crippen molar-refractivity contribution in [2.24, 2.45) is 5.92 Å². The van der Waals surface area contributed by atoms with Crippen LogP contribution in [0, 0.1) is 5.92 Å². The highest BCUT2D eigenvalue weighted by atomic mass is 32.2. The number of ether oxygens (including phenoxy) is 2. The van der Waals surface area contributed by atoms with E-state index in [-0.39, 0.29) is 35.4 Å². The van der Waals surface area contributed by atoms with E-state index in [0.29, 0.717) is 43.0 Å². The Kier molecular flexibility index (Phi) is 8.86. The minimum absolute atomic E-state index is 0.0742. The number of carbonyl (C=O) groups excluding carboxylic acids is 3. The van der Waals surface area contributed by atoms with E-state index in [2.05, 4.69) is 17.1 Å². The Balaban J connectivity index is 1.47. The fraction of sp³-hybridized carbons (Fsp3) is 0.500. The van der Waals surface area contributed by atoms with Crippen molar-refractivity contribution in [3.8, 4) is 0 Å². The van der Waals surface area contributed by atoms with E-state index in [9.17, 15) is 22.8 Å². The molecule has 0 atom stereocenters. The lowest BCUT2D eigenvalue weighted by Gasteiger charge is -2.30. The number of amides is 1. The number of esters is 2. The van der Waals surface area contributed by atoms with E-state index in [1.807, 2.05) is 0 Å². The summed E-state index contributed by atoms with van der Waals surface area (Å²) in [5, 5.41) is 3.27. The number of likely N-dealkylation sites (N-methyl/N-ethyl adjacent to an activating group) is 1. The van der Waals surface area contributed by atoms with Gasteiger partial charge in [-0.15, -0.1) is 11.3 Å². The Bertz CT molecular complexity index is 1300. The van der Waals surface area contributed by atoms with Gasteiger partial charge >= 0.3 is 11.9 Å². The molecule has 38 heavy (non-hydrogen) atoms. The number of hydrogen-bond donors (Lipinski definition) is 1. The first kappa shape index (κ1) is 28.2. The van der Waals surface area contributed by atoms with Crippen LogP contribution in [-0.4, -0.2) is 75.4 Å². The fourth-order valence-corrected chi connectivity index (χ4v) is 7.57. The van der Waals surface area contributed by atoms with Crippen molar-refractivity contribution >= 4 is 44.2 Å². The third-order valence-corrected chi connectivity index (χ3v) is 10.1. The first-order chi connectivity index (χ1) is 18.2. The highest BCUT2D eigenvalue weighted by Crippen LogP contribution is 2.38. The number of carbonyl (C=O) groups is 3. The third-order valence-electron chi connectivity index (χ3n) is 7.03. The summed E-state index contributed by atoms with van der Waals surface area (Å²) in [4.78, 5) is 40.9. The summed E-state index contributed by atoms with van der Waals surface area (Å²) in [5.74, 6) is -1.52. The van der Waals surface area contributed by atoms with Crippen LogP contribution in [0.3, 0.4) is 0 Å². The van der Waals surface area contributed by atoms with Gasteiger partial charge < -0.3 is 14.8 Å². The van der Waals surface area contributed by atoms with Crippen LogP contribution in [-0.2, 0) is 37.3 Å². The number of fused-ring (bicyclic) bond motifs is 1. The average molecular weight is 564 g/mol. The Morgan fingerprint density at radius 2 is 1.76 bits per heavy atom. The van der Waals surface area contributed by atoms with Crippen LogP contribution in [0.2, 0.25) is 0 Å². The predicted molar refractivity (Wildman–Crippen MR) is 143 cm³/mol. The Morgan fingerprint density at radius 3 is 2.37 bits per heavy atom. The van der Waals surface area contributed by atoms with Crippen molar-refractivity contribution in [3.63, 3.8) is 0 Å². The monoisotopic (exact) mass is 563 g/mol. The Labute approximate surface area is 226 Å². The number of piperidine rings is 1. The second-order valence-corrected chi connectivity index (χ2v) is 12.3. The molecule has 1 aromatic carbocycles. The largest absolute Gasteiger partial charge is 0.466 e. The van der Waals surface area contributed by atoms with Gasteiger partial charge in [-0.2, -0.15) is 4.31 Å². The van der Waals surface area contributed by atoms with Crippen molar-refractivity contribution in [1.82, 2.24) is 9.21 Å². The molecular formula is C26H33N3O7S2. The Hall–Kier alpha value is -2.80. The zero-order valence-corrected chi connectivity index (χ0v) is 23.5. The molecule has 0 saturated carbocycles. The van der Waals surface area contributed by atoms with E-state index < -0.39 is 21.9 Å². The maximum atomic E-state index is 13.1. The van der Waals surface area contributed by atoms with Crippen LogP contribution in [0.15, 0.2) is 29.2 Å². The summed E-state index contributed by atoms with van der Waals surface area (Å²) < 4.78 is 37.7. The number of rotatable bonds is 8. The van der Waals surface area contributed by atoms with Crippen LogP contribution < -0.4 is 5.32 Å². The first-order valence-corrected chi connectivity index (χ1v) is 15.0. The molecule has 0 bridgehead atoms. The van der Waals surface area contributed by atoms with Crippen molar-refractivity contribution < 1.29 is 32.3 Å². The highest BCUT2D eigenvalue weighted by Gasteiger charge is 2.33. The lowest BCUT2D eigenvalue weighted by Crippen LogP contribution is -2.40. The van der Waals surface area contributed by atoms with Crippen LogP contribution in [0.25, 0.3) is 0 Å². The lowest BCUT2D eigenvalue weighted by molar-refractivity contribution is -0.149. The molecular weight excluding hydrogens is 530 g/mol. The van der Waals surface area contributed by atoms with Gasteiger partial charge in [-0.1, -0.05) is 6.92 Å². The van der Waals surface area contributed by atoms with Crippen LogP contribution in [0.5, 0.6) is 0 Å². The molecule has 206 valence electrons. The summed E-state index contributed by atoms with van der Waals surface area (Å²) in [7, 11) is -2.45. The van der Waals surface area contributed by atoms with Gasteiger partial charge in [-0.05, 0) is 62.6 Å². The fourth-order valence-electron chi connectivity index (χ4n) is 4.83. The number of nitrogens with one attached hydrogen (secondary N) is 1. The average Bonchev–Trinajstić information content (AvgIpc) is 3.29. The number of anilines is 1. The molecule has 1 aromatic heterocycles. The zero-order chi connectivity index (χ0) is 27.4. The molecule has 12 heteroatoms. The number of sulfonamides is 1. The van der Waals surface area contributed by atoms with Gasteiger partial charge in [0.1, 0.15) is 5.00 Å². The van der Waals surface area contributed by atoms with E-state index in [4.69, 9.17) is 9.47 Å². The van der Waals surface area contributed by atoms with Crippen molar-refractivity contribution in [1.29, 1.82) is 0 Å². The van der Waals surface area contributed by atoms with Gasteiger partial charge in [-0.25, -0.2) is 13.2 Å². The third kappa shape index (κ3) is 5.78. The summed E-state index contributed by atoms with van der Waals surface area (Å²) in [6.45, 7) is 7.00. The topological polar surface area (TPSA) is 122 Å². The summed E-state index contributed by atoms with van der Waals surface area (Å²) in [6, 6.07) is 5.72. The van der Waals surface area contributed by atoms with E-state index in [1.54, 1.807) is 6.92 Å². The number of benzene rings is 1. The molecule has 0 aliphatic carbocycles. The molecule has 3 heterocycles. The molecule has 0 spiro atoms. The second kappa shape index (κ2) is 11.9. The Morgan fingerprint density at radius 1 is 1.08 bits per heavy atom. The molecule has 0 unspecified atom stereocenters. The molecule has 0 radical (unpaired) electrons. The molecule has 10 nitrogen and oxygen atoms in total. The second-order valence-electron chi connectivity index (χ2n) is 9.23. The van der Waals surface area contributed by atoms with Gasteiger partial charge in [0.15, 0.2) is 0 Å². The normalized spacial score (nSPS) is 17.0. The minimum atomic E-state index is -3.77. The van der Waals surface area contributed by atoms with Gasteiger partial charge in [0, 0.05) is 36.6 Å². The van der Waals surface area contributed by atoms with Crippen molar-refractivity contribution in [2.75, 3.05) is 45.2 Å². The van der Waals surface area contributed by atoms with Crippen LogP contribution in [0.4, 0.5) is 5.00 Å². The molecule has 1 saturated heterocycles. The van der Waals surface area contributed by atoms with E-state index >= 15 is 0 Å². The molecule has 4 rings (SSSR count). The van der Waals surface area contributed by atoms with Gasteiger partial charge in [-0.3, -0.25) is 14.5 Å². The smallest absolute Gasteiger partial charge is 0.341 e. The highest BCUT2D eigenvalue weighted by molar-refractivity contribution is 7.89. The molecule has 1 amide bonds. The number of nitrogens with zero attached hydrogens (tertiary/aromatic N) is 2. The van der Waals surface area contributed by atoms with E-state index in [1.165, 1.54) is 47.0 Å². The van der Waals surface area contributed by atoms with E-state index in [0.717, 1.165) is 23.5 Å². The van der Waals surface area contributed by atoms with Crippen LogP contribution in [0.1, 0.15) is 57.8 Å². The van der Waals surface area contributed by atoms with Gasteiger partial charge in [0.05, 0.1) is 30.1 Å². The molecule has 2 aliphatic heterocycles. The van der Waals surface area contributed by atoms with Crippen molar-refractivity contribution in [2.45, 2.75) is 44.6 Å². The molecule has 1 N–H and O–H groups in total. The SMILES string of the molecule is CCOC(=O)C1CCN(S(=O)(=O)c2ccc(C(=O)Nc3sc4c(c3C(=O)OC)CCN(CC)C4)cc2)CC1. The number of methoxy groups -OCH3 is 1. The lowest BCUT2D eigenvalue weighted by atomic mass is 9.98. The minimum Gasteiger partial charge on any atom is -0.466 e.